The van der Waals surface area contributed by atoms with Crippen molar-refractivity contribution in [1.29, 1.82) is 0 Å². The number of nitrogens with zero attached hydrogens (tertiary/aromatic N) is 2. The molecule has 19 heavy (non-hydrogen) atoms. The first-order valence-electron chi connectivity index (χ1n) is 5.50. The van der Waals surface area contributed by atoms with Gasteiger partial charge in [-0.15, -0.1) is 13.2 Å². The molecule has 102 valence electrons. The molecule has 0 unspecified atom stereocenters. The number of benzene rings is 1. The van der Waals surface area contributed by atoms with E-state index in [9.17, 15) is 13.2 Å². The number of rotatable bonds is 4. The maximum Gasteiger partial charge on any atom is 0.573 e. The average molecular weight is 271 g/mol. The predicted octanol–water partition coefficient (Wildman–Crippen LogP) is 2.93. The van der Waals surface area contributed by atoms with Crippen molar-refractivity contribution in [2.45, 2.75) is 12.9 Å². The third-order valence-electron chi connectivity index (χ3n) is 2.44. The van der Waals surface area contributed by atoms with Crippen LogP contribution in [0.3, 0.4) is 0 Å². The molecule has 0 aliphatic carbocycles. The van der Waals surface area contributed by atoms with E-state index in [2.05, 4.69) is 15.0 Å². The number of halogens is 3. The second kappa shape index (κ2) is 5.21. The Labute approximate surface area is 107 Å². The highest BCUT2D eigenvalue weighted by Gasteiger charge is 2.31. The van der Waals surface area contributed by atoms with E-state index in [4.69, 9.17) is 0 Å². The van der Waals surface area contributed by atoms with E-state index in [1.165, 1.54) is 18.2 Å². The second-order valence-electron chi connectivity index (χ2n) is 3.88. The molecule has 0 atom stereocenters. The lowest BCUT2D eigenvalue weighted by Crippen LogP contribution is -2.17. The Morgan fingerprint density at radius 2 is 2.16 bits per heavy atom. The van der Waals surface area contributed by atoms with Crippen LogP contribution in [0.4, 0.5) is 18.9 Å². The van der Waals surface area contributed by atoms with E-state index in [0.717, 1.165) is 5.82 Å². The SMILES string of the molecule is Cn1ccnc1CNc1cccc(OC(F)(F)F)c1. The molecule has 0 fully saturated rings. The van der Waals surface area contributed by atoms with Crippen molar-refractivity contribution in [1.82, 2.24) is 9.55 Å². The maximum absolute atomic E-state index is 12.1. The van der Waals surface area contributed by atoms with Crippen molar-refractivity contribution in [2.24, 2.45) is 7.05 Å². The first-order valence-corrected chi connectivity index (χ1v) is 5.50. The summed E-state index contributed by atoms with van der Waals surface area (Å²) >= 11 is 0. The molecule has 0 bridgehead atoms. The van der Waals surface area contributed by atoms with E-state index in [0.29, 0.717) is 12.2 Å². The van der Waals surface area contributed by atoms with E-state index < -0.39 is 6.36 Å². The zero-order valence-corrected chi connectivity index (χ0v) is 10.1. The fourth-order valence-corrected chi connectivity index (χ4v) is 1.55. The van der Waals surface area contributed by atoms with Gasteiger partial charge in [0.1, 0.15) is 11.6 Å². The summed E-state index contributed by atoms with van der Waals surface area (Å²) in [5, 5.41) is 2.98. The summed E-state index contributed by atoms with van der Waals surface area (Å²) in [5.41, 5.74) is 0.532. The van der Waals surface area contributed by atoms with Crippen molar-refractivity contribution >= 4 is 5.69 Å². The molecule has 0 saturated heterocycles. The van der Waals surface area contributed by atoms with Crippen LogP contribution in [0.25, 0.3) is 0 Å². The third kappa shape index (κ3) is 3.90. The quantitative estimate of drug-likeness (QED) is 0.929. The third-order valence-corrected chi connectivity index (χ3v) is 2.44. The van der Waals surface area contributed by atoms with Crippen LogP contribution in [0, 0.1) is 0 Å². The topological polar surface area (TPSA) is 39.1 Å². The average Bonchev–Trinajstić information content (AvgIpc) is 2.70. The van der Waals surface area contributed by atoms with Crippen LogP contribution in [0.15, 0.2) is 36.7 Å². The minimum atomic E-state index is -4.68. The number of imidazole rings is 1. The van der Waals surface area contributed by atoms with Crippen LogP contribution in [-0.2, 0) is 13.6 Å². The Kier molecular flexibility index (Phi) is 3.64. The summed E-state index contributed by atoms with van der Waals surface area (Å²) in [6.45, 7) is 0.416. The fraction of sp³-hybridized carbons (Fsp3) is 0.250. The van der Waals surface area contributed by atoms with Gasteiger partial charge in [-0.3, -0.25) is 0 Å². The van der Waals surface area contributed by atoms with Gasteiger partial charge in [0.25, 0.3) is 0 Å². The predicted molar refractivity (Wildman–Crippen MR) is 63.7 cm³/mol. The number of hydrogen-bond donors (Lipinski definition) is 1. The number of nitrogens with one attached hydrogen (secondary N) is 1. The molecule has 7 heteroatoms. The lowest BCUT2D eigenvalue weighted by Gasteiger charge is -2.11. The summed E-state index contributed by atoms with van der Waals surface area (Å²) in [6, 6.07) is 5.68. The summed E-state index contributed by atoms with van der Waals surface area (Å²) in [4.78, 5) is 4.10. The molecule has 2 rings (SSSR count). The summed E-state index contributed by atoms with van der Waals surface area (Å²) < 4.78 is 41.9. The summed E-state index contributed by atoms with van der Waals surface area (Å²) in [6.07, 6.45) is -1.24. The molecule has 1 N–H and O–H groups in total. The summed E-state index contributed by atoms with van der Waals surface area (Å²) in [7, 11) is 1.84. The molecule has 0 amide bonds. The number of aromatic nitrogens is 2. The normalized spacial score (nSPS) is 11.4. The number of aryl methyl sites for hydroxylation is 1. The molecule has 0 aliphatic rings. The van der Waals surface area contributed by atoms with Gasteiger partial charge in [-0.2, -0.15) is 0 Å². The molecule has 1 heterocycles. The molecule has 0 spiro atoms. The highest BCUT2D eigenvalue weighted by atomic mass is 19.4. The molecule has 4 nitrogen and oxygen atoms in total. The molecule has 0 aliphatic heterocycles. The van der Waals surface area contributed by atoms with E-state index >= 15 is 0 Å². The van der Waals surface area contributed by atoms with Crippen molar-refractivity contribution < 1.29 is 17.9 Å². The first-order chi connectivity index (χ1) is 8.94. The van der Waals surface area contributed by atoms with Crippen LogP contribution in [0.5, 0.6) is 5.75 Å². The van der Waals surface area contributed by atoms with Gasteiger partial charge in [0.05, 0.1) is 6.54 Å². The van der Waals surface area contributed by atoms with Gasteiger partial charge < -0.3 is 14.6 Å². The molecule has 1 aromatic heterocycles. The maximum atomic E-state index is 12.1. The smallest absolute Gasteiger partial charge is 0.406 e. The van der Waals surface area contributed by atoms with Crippen LogP contribution in [0.1, 0.15) is 5.82 Å². The van der Waals surface area contributed by atoms with E-state index in [1.807, 2.05) is 11.6 Å². The van der Waals surface area contributed by atoms with Crippen LogP contribution in [-0.4, -0.2) is 15.9 Å². The lowest BCUT2D eigenvalue weighted by atomic mass is 10.3. The largest absolute Gasteiger partial charge is 0.573 e. The Morgan fingerprint density at radius 1 is 1.37 bits per heavy atom. The second-order valence-corrected chi connectivity index (χ2v) is 3.88. The molecule has 1 aromatic carbocycles. The van der Waals surface area contributed by atoms with Crippen molar-refractivity contribution in [2.75, 3.05) is 5.32 Å². The van der Waals surface area contributed by atoms with Crippen LogP contribution in [0.2, 0.25) is 0 Å². The van der Waals surface area contributed by atoms with Crippen molar-refractivity contribution in [3.05, 3.63) is 42.5 Å². The van der Waals surface area contributed by atoms with Gasteiger partial charge in [0, 0.05) is 31.2 Å². The summed E-state index contributed by atoms with van der Waals surface area (Å²) in [5.74, 6) is 0.527. The highest BCUT2D eigenvalue weighted by Crippen LogP contribution is 2.25. The minimum absolute atomic E-state index is 0.252. The number of anilines is 1. The molecule has 2 aromatic rings. The van der Waals surface area contributed by atoms with Crippen molar-refractivity contribution in [3.8, 4) is 5.75 Å². The van der Waals surface area contributed by atoms with Gasteiger partial charge in [-0.1, -0.05) is 6.07 Å². The van der Waals surface area contributed by atoms with Crippen LogP contribution < -0.4 is 10.1 Å². The van der Waals surface area contributed by atoms with E-state index in [1.54, 1.807) is 18.5 Å². The minimum Gasteiger partial charge on any atom is -0.406 e. The zero-order valence-electron chi connectivity index (χ0n) is 10.1. The Bertz CT molecular complexity index is 551. The van der Waals surface area contributed by atoms with Crippen molar-refractivity contribution in [3.63, 3.8) is 0 Å². The number of ether oxygens (including phenoxy) is 1. The Morgan fingerprint density at radius 3 is 2.79 bits per heavy atom. The molecular formula is C12H12F3N3O. The Balaban J connectivity index is 2.01. The fourth-order valence-electron chi connectivity index (χ4n) is 1.55. The lowest BCUT2D eigenvalue weighted by molar-refractivity contribution is -0.274. The standard InChI is InChI=1S/C12H12F3N3O/c1-18-6-5-16-11(18)8-17-9-3-2-4-10(7-9)19-12(13,14)15/h2-7,17H,8H2,1H3. The van der Waals surface area contributed by atoms with Gasteiger partial charge in [0.15, 0.2) is 0 Å². The van der Waals surface area contributed by atoms with Gasteiger partial charge >= 0.3 is 6.36 Å². The van der Waals surface area contributed by atoms with Gasteiger partial charge in [-0.25, -0.2) is 4.98 Å². The molecule has 0 radical (unpaired) electrons. The highest BCUT2D eigenvalue weighted by molar-refractivity contribution is 5.48. The van der Waals surface area contributed by atoms with Gasteiger partial charge in [-0.05, 0) is 12.1 Å². The van der Waals surface area contributed by atoms with Crippen LogP contribution >= 0.6 is 0 Å². The number of alkyl halides is 3. The van der Waals surface area contributed by atoms with E-state index in [-0.39, 0.29) is 5.75 Å². The number of hydrogen-bond acceptors (Lipinski definition) is 3. The zero-order chi connectivity index (χ0) is 13.9. The Hall–Kier alpha value is -2.18. The van der Waals surface area contributed by atoms with Gasteiger partial charge in [0.2, 0.25) is 0 Å². The molecule has 0 saturated carbocycles. The first kappa shape index (κ1) is 13.3. The monoisotopic (exact) mass is 271 g/mol. The molecular weight excluding hydrogens is 259 g/mol.